The fraction of sp³-hybridized carbons (Fsp3) is 0.600. The zero-order chi connectivity index (χ0) is 14.2. The first-order valence-electron chi connectivity index (χ1n) is 7.38. The van der Waals surface area contributed by atoms with E-state index in [0.29, 0.717) is 12.6 Å². The molecule has 1 aromatic heterocycles. The van der Waals surface area contributed by atoms with Gasteiger partial charge < -0.3 is 10.6 Å². The Morgan fingerprint density at radius 1 is 1.18 bits per heavy atom. The molecule has 1 heterocycles. The number of nitrogens with one attached hydrogen (secondary N) is 2. The molecular weight excluding hydrogens is 328 g/mol. The number of amides is 1. The van der Waals surface area contributed by atoms with Gasteiger partial charge in [0.2, 0.25) is 0 Å². The van der Waals surface area contributed by atoms with Gasteiger partial charge >= 0.3 is 0 Å². The van der Waals surface area contributed by atoms with Crippen LogP contribution in [0.15, 0.2) is 18.5 Å². The van der Waals surface area contributed by atoms with Crippen molar-refractivity contribution in [1.82, 2.24) is 15.6 Å². The van der Waals surface area contributed by atoms with Crippen molar-refractivity contribution in [3.63, 3.8) is 0 Å². The maximum absolute atomic E-state index is 13.3. The Hall–Kier alpha value is -0.910. The van der Waals surface area contributed by atoms with Crippen LogP contribution in [0.3, 0.4) is 0 Å². The van der Waals surface area contributed by atoms with Gasteiger partial charge in [-0.1, -0.05) is 25.7 Å². The van der Waals surface area contributed by atoms with E-state index in [1.54, 1.807) is 0 Å². The van der Waals surface area contributed by atoms with Crippen LogP contribution in [0.1, 0.15) is 48.9 Å². The Morgan fingerprint density at radius 2 is 1.86 bits per heavy atom. The van der Waals surface area contributed by atoms with Crippen molar-refractivity contribution in [2.75, 3.05) is 13.1 Å². The number of rotatable bonds is 5. The summed E-state index contributed by atoms with van der Waals surface area (Å²) in [6.45, 7) is 1.24. The molecule has 2 rings (SSSR count). The van der Waals surface area contributed by atoms with Crippen LogP contribution in [0.5, 0.6) is 0 Å². The minimum Gasteiger partial charge on any atom is -0.351 e. The highest BCUT2D eigenvalue weighted by atomic mass is 35.5. The van der Waals surface area contributed by atoms with Crippen LogP contribution in [0.4, 0.5) is 4.39 Å². The summed E-state index contributed by atoms with van der Waals surface area (Å²) in [5.41, 5.74) is 0.0504. The van der Waals surface area contributed by atoms with Crippen LogP contribution in [0.25, 0.3) is 0 Å². The Labute approximate surface area is 143 Å². The SMILES string of the molecule is Cl.Cl.O=C(NCCNC1CCCCCC1)c1ccncc1F. The van der Waals surface area contributed by atoms with Gasteiger partial charge in [0.1, 0.15) is 0 Å². The third kappa shape index (κ3) is 6.90. The molecule has 1 aliphatic carbocycles. The number of pyridine rings is 1. The maximum Gasteiger partial charge on any atom is 0.254 e. The van der Waals surface area contributed by atoms with Crippen LogP contribution in [-0.2, 0) is 0 Å². The Kier molecular flexibility index (Phi) is 11.1. The molecule has 0 atom stereocenters. The van der Waals surface area contributed by atoms with Gasteiger partial charge in [-0.3, -0.25) is 9.78 Å². The molecule has 4 nitrogen and oxygen atoms in total. The lowest BCUT2D eigenvalue weighted by molar-refractivity contribution is 0.0949. The number of carbonyl (C=O) groups is 1. The first-order chi connectivity index (χ1) is 9.77. The summed E-state index contributed by atoms with van der Waals surface area (Å²) < 4.78 is 13.3. The molecule has 2 N–H and O–H groups in total. The molecule has 1 aliphatic rings. The van der Waals surface area contributed by atoms with Gasteiger partial charge in [0.25, 0.3) is 5.91 Å². The fourth-order valence-corrected chi connectivity index (χ4v) is 2.59. The molecule has 7 heteroatoms. The Balaban J connectivity index is 0.00000220. The molecule has 126 valence electrons. The van der Waals surface area contributed by atoms with Gasteiger partial charge in [-0.25, -0.2) is 4.39 Å². The minimum absolute atomic E-state index is 0. The lowest BCUT2D eigenvalue weighted by atomic mass is 10.1. The molecule has 22 heavy (non-hydrogen) atoms. The van der Waals surface area contributed by atoms with E-state index in [1.165, 1.54) is 50.8 Å². The van der Waals surface area contributed by atoms with Crippen molar-refractivity contribution in [2.45, 2.75) is 44.6 Å². The predicted octanol–water partition coefficient (Wildman–Crippen LogP) is 3.11. The minimum atomic E-state index is -0.582. The van der Waals surface area contributed by atoms with Crippen LogP contribution < -0.4 is 10.6 Å². The number of aromatic nitrogens is 1. The number of halogens is 3. The highest BCUT2D eigenvalue weighted by Crippen LogP contribution is 2.16. The van der Waals surface area contributed by atoms with E-state index in [4.69, 9.17) is 0 Å². The number of nitrogens with zero attached hydrogens (tertiary/aromatic N) is 1. The van der Waals surface area contributed by atoms with E-state index in [0.717, 1.165) is 12.7 Å². The zero-order valence-corrected chi connectivity index (χ0v) is 14.1. The van der Waals surface area contributed by atoms with E-state index in [1.807, 2.05) is 0 Å². The smallest absolute Gasteiger partial charge is 0.254 e. The van der Waals surface area contributed by atoms with Crippen molar-refractivity contribution >= 4 is 30.7 Å². The average molecular weight is 352 g/mol. The molecule has 0 radical (unpaired) electrons. The van der Waals surface area contributed by atoms with Gasteiger partial charge in [0.05, 0.1) is 11.8 Å². The van der Waals surface area contributed by atoms with Crippen LogP contribution in [0.2, 0.25) is 0 Å². The summed E-state index contributed by atoms with van der Waals surface area (Å²) in [6.07, 6.45) is 10.1. The standard InChI is InChI=1S/C15H22FN3O.2ClH/c16-14-11-17-8-7-13(14)15(20)19-10-9-18-12-5-3-1-2-4-6-12;;/h7-8,11-12,18H,1-6,9-10H2,(H,19,20);2*1H. The third-order valence-corrected chi connectivity index (χ3v) is 3.72. The highest BCUT2D eigenvalue weighted by Gasteiger charge is 2.12. The molecule has 1 amide bonds. The Bertz CT molecular complexity index is 441. The summed E-state index contributed by atoms with van der Waals surface area (Å²) in [6, 6.07) is 1.95. The fourth-order valence-electron chi connectivity index (χ4n) is 2.59. The van der Waals surface area contributed by atoms with Gasteiger partial charge in [-0.2, -0.15) is 0 Å². The molecular formula is C15H24Cl2FN3O. The normalized spacial score (nSPS) is 15.1. The van der Waals surface area contributed by atoms with Crippen molar-refractivity contribution in [2.24, 2.45) is 0 Å². The molecule has 0 unspecified atom stereocenters. The highest BCUT2D eigenvalue weighted by molar-refractivity contribution is 5.94. The van der Waals surface area contributed by atoms with E-state index >= 15 is 0 Å². The first-order valence-corrected chi connectivity index (χ1v) is 7.38. The van der Waals surface area contributed by atoms with Gasteiger partial charge in [0, 0.05) is 25.3 Å². The molecule has 0 aromatic carbocycles. The van der Waals surface area contributed by atoms with Crippen LogP contribution in [-0.4, -0.2) is 30.0 Å². The second-order valence-corrected chi connectivity index (χ2v) is 5.25. The second-order valence-electron chi connectivity index (χ2n) is 5.25. The summed E-state index contributed by atoms with van der Waals surface area (Å²) in [7, 11) is 0. The number of carbonyl (C=O) groups excluding carboxylic acids is 1. The van der Waals surface area contributed by atoms with Crippen LogP contribution >= 0.6 is 24.8 Å². The van der Waals surface area contributed by atoms with Gasteiger partial charge in [-0.05, 0) is 18.9 Å². The summed E-state index contributed by atoms with van der Waals surface area (Å²) in [5.74, 6) is -0.964. The van der Waals surface area contributed by atoms with Crippen molar-refractivity contribution in [1.29, 1.82) is 0 Å². The quantitative estimate of drug-likeness (QED) is 0.632. The molecule has 0 spiro atoms. The summed E-state index contributed by atoms with van der Waals surface area (Å²) >= 11 is 0. The lowest BCUT2D eigenvalue weighted by Gasteiger charge is -2.16. The average Bonchev–Trinajstić information content (AvgIpc) is 2.72. The van der Waals surface area contributed by atoms with E-state index in [2.05, 4.69) is 15.6 Å². The van der Waals surface area contributed by atoms with E-state index in [9.17, 15) is 9.18 Å². The molecule has 1 fully saturated rings. The van der Waals surface area contributed by atoms with Crippen molar-refractivity contribution in [3.8, 4) is 0 Å². The largest absolute Gasteiger partial charge is 0.351 e. The predicted molar refractivity (Wildman–Crippen MR) is 90.5 cm³/mol. The number of hydrogen-bond donors (Lipinski definition) is 2. The van der Waals surface area contributed by atoms with Gasteiger partial charge in [-0.15, -0.1) is 24.8 Å². The molecule has 1 saturated carbocycles. The zero-order valence-electron chi connectivity index (χ0n) is 12.5. The second kappa shape index (κ2) is 11.6. The molecule has 0 bridgehead atoms. The number of hydrogen-bond acceptors (Lipinski definition) is 3. The van der Waals surface area contributed by atoms with Gasteiger partial charge in [0.15, 0.2) is 5.82 Å². The van der Waals surface area contributed by atoms with E-state index in [-0.39, 0.29) is 36.3 Å². The molecule has 0 saturated heterocycles. The topological polar surface area (TPSA) is 54.0 Å². The van der Waals surface area contributed by atoms with Crippen LogP contribution in [0, 0.1) is 5.82 Å². The lowest BCUT2D eigenvalue weighted by Crippen LogP contribution is -2.37. The van der Waals surface area contributed by atoms with Crippen molar-refractivity contribution < 1.29 is 9.18 Å². The maximum atomic E-state index is 13.3. The Morgan fingerprint density at radius 3 is 2.50 bits per heavy atom. The summed E-state index contributed by atoms with van der Waals surface area (Å²) in [4.78, 5) is 15.4. The molecule has 0 aliphatic heterocycles. The third-order valence-electron chi connectivity index (χ3n) is 3.72. The first kappa shape index (κ1) is 21.1. The van der Waals surface area contributed by atoms with E-state index < -0.39 is 5.82 Å². The monoisotopic (exact) mass is 351 g/mol. The van der Waals surface area contributed by atoms with Crippen molar-refractivity contribution in [3.05, 3.63) is 29.8 Å². The summed E-state index contributed by atoms with van der Waals surface area (Å²) in [5, 5.41) is 6.19. The molecule has 1 aromatic rings.